The number of thioether (sulfide) groups is 1. The molecule has 0 unspecified atom stereocenters. The molecule has 0 N–H and O–H groups in total. The van der Waals surface area contributed by atoms with Crippen molar-refractivity contribution in [3.63, 3.8) is 0 Å². The van der Waals surface area contributed by atoms with Crippen molar-refractivity contribution >= 4 is 33.3 Å². The van der Waals surface area contributed by atoms with Gasteiger partial charge >= 0.3 is 0 Å². The molecule has 98 valence electrons. The molecule has 0 saturated heterocycles. The topological polar surface area (TPSA) is 51.8 Å². The predicted molar refractivity (Wildman–Crippen MR) is 77.7 cm³/mol. The number of rotatable bonds is 3. The summed E-state index contributed by atoms with van der Waals surface area (Å²) >= 11 is 3.40. The summed E-state index contributed by atoms with van der Waals surface area (Å²) in [4.78, 5) is 11.1. The molecule has 0 aliphatic carbocycles. The molecule has 3 rings (SSSR count). The molecule has 0 saturated carbocycles. The summed E-state index contributed by atoms with van der Waals surface area (Å²) in [6, 6.07) is 1.96. The summed E-state index contributed by atoms with van der Waals surface area (Å²) < 4.78 is 5.07. The average molecular weight is 291 g/mol. The molecule has 0 spiro atoms. The summed E-state index contributed by atoms with van der Waals surface area (Å²) in [6.45, 7) is 6.15. The maximum absolute atomic E-state index is 5.07. The lowest BCUT2D eigenvalue weighted by atomic mass is 10.2. The Morgan fingerprint density at radius 1 is 1.26 bits per heavy atom. The molecule has 19 heavy (non-hydrogen) atoms. The maximum atomic E-state index is 5.07. The molecule has 3 aromatic rings. The van der Waals surface area contributed by atoms with Crippen LogP contribution >= 0.6 is 23.1 Å². The molecule has 3 heterocycles. The van der Waals surface area contributed by atoms with Crippen LogP contribution in [0.4, 0.5) is 0 Å². The first-order chi connectivity index (χ1) is 9.15. The van der Waals surface area contributed by atoms with Gasteiger partial charge in [0.25, 0.3) is 0 Å². The number of thiophene rings is 1. The minimum atomic E-state index is 0.762. The third-order valence-electron chi connectivity index (χ3n) is 2.96. The van der Waals surface area contributed by atoms with Gasteiger partial charge in [-0.1, -0.05) is 16.9 Å². The largest absolute Gasteiger partial charge is 0.361 e. The van der Waals surface area contributed by atoms with Gasteiger partial charge < -0.3 is 4.52 Å². The van der Waals surface area contributed by atoms with Crippen LogP contribution in [0.25, 0.3) is 10.2 Å². The Morgan fingerprint density at radius 2 is 2.11 bits per heavy atom. The second kappa shape index (κ2) is 4.94. The predicted octanol–water partition coefficient (Wildman–Crippen LogP) is 3.90. The van der Waals surface area contributed by atoms with Crippen LogP contribution in [-0.4, -0.2) is 15.1 Å². The highest BCUT2D eigenvalue weighted by Crippen LogP contribution is 2.35. The third-order valence-corrected chi connectivity index (χ3v) is 5.10. The second-order valence-corrected chi connectivity index (χ2v) is 6.53. The van der Waals surface area contributed by atoms with E-state index in [1.54, 1.807) is 29.4 Å². The first kappa shape index (κ1) is 12.6. The minimum absolute atomic E-state index is 0.762. The lowest BCUT2D eigenvalue weighted by molar-refractivity contribution is 0.393. The number of aryl methyl sites for hydroxylation is 3. The highest BCUT2D eigenvalue weighted by molar-refractivity contribution is 7.98. The molecule has 0 amide bonds. The quantitative estimate of drug-likeness (QED) is 0.541. The normalized spacial score (nSPS) is 11.3. The van der Waals surface area contributed by atoms with Crippen molar-refractivity contribution in [3.8, 4) is 0 Å². The number of hydrogen-bond acceptors (Lipinski definition) is 6. The molecule has 0 radical (unpaired) electrons. The van der Waals surface area contributed by atoms with Crippen LogP contribution in [0, 0.1) is 20.8 Å². The first-order valence-electron chi connectivity index (χ1n) is 5.91. The van der Waals surface area contributed by atoms with E-state index in [2.05, 4.69) is 29.0 Å². The van der Waals surface area contributed by atoms with Gasteiger partial charge in [0.2, 0.25) is 0 Å². The van der Waals surface area contributed by atoms with Crippen molar-refractivity contribution in [3.05, 3.63) is 34.3 Å². The van der Waals surface area contributed by atoms with Crippen LogP contribution in [0.15, 0.2) is 21.9 Å². The molecular weight excluding hydrogens is 278 g/mol. The van der Waals surface area contributed by atoms with Gasteiger partial charge in [0.05, 0.1) is 5.69 Å². The monoisotopic (exact) mass is 291 g/mol. The molecule has 3 aromatic heterocycles. The lowest BCUT2D eigenvalue weighted by Crippen LogP contribution is -1.87. The number of fused-ring (bicyclic) bond motifs is 1. The van der Waals surface area contributed by atoms with Crippen molar-refractivity contribution in [1.29, 1.82) is 0 Å². The zero-order valence-corrected chi connectivity index (χ0v) is 12.6. The Morgan fingerprint density at radius 3 is 2.84 bits per heavy atom. The van der Waals surface area contributed by atoms with Crippen LogP contribution in [0.3, 0.4) is 0 Å². The van der Waals surface area contributed by atoms with Gasteiger partial charge in [0, 0.05) is 22.1 Å². The summed E-state index contributed by atoms with van der Waals surface area (Å²) in [5.41, 5.74) is 2.22. The zero-order valence-electron chi connectivity index (χ0n) is 10.9. The van der Waals surface area contributed by atoms with E-state index >= 15 is 0 Å². The van der Waals surface area contributed by atoms with E-state index in [9.17, 15) is 0 Å². The van der Waals surface area contributed by atoms with Crippen LogP contribution < -0.4 is 0 Å². The SMILES string of the molecule is Cc1cc(CSc2ncnc3sc(C)c(C)c23)no1. The fourth-order valence-electron chi connectivity index (χ4n) is 1.89. The summed E-state index contributed by atoms with van der Waals surface area (Å²) in [6.07, 6.45) is 1.63. The van der Waals surface area contributed by atoms with E-state index < -0.39 is 0 Å². The fraction of sp³-hybridized carbons (Fsp3) is 0.308. The van der Waals surface area contributed by atoms with Crippen molar-refractivity contribution in [2.45, 2.75) is 31.6 Å². The molecule has 0 bridgehead atoms. The van der Waals surface area contributed by atoms with Crippen molar-refractivity contribution in [2.24, 2.45) is 0 Å². The van der Waals surface area contributed by atoms with Crippen LogP contribution in [0.5, 0.6) is 0 Å². The molecule has 0 fully saturated rings. The van der Waals surface area contributed by atoms with Gasteiger partial charge in [0.1, 0.15) is 21.9 Å². The molecule has 4 nitrogen and oxygen atoms in total. The van der Waals surface area contributed by atoms with Gasteiger partial charge in [0.15, 0.2) is 0 Å². The molecule has 6 heteroatoms. The van der Waals surface area contributed by atoms with E-state index in [0.717, 1.165) is 27.1 Å². The zero-order chi connectivity index (χ0) is 13.4. The van der Waals surface area contributed by atoms with Gasteiger partial charge in [-0.2, -0.15) is 0 Å². The molecule has 0 aliphatic rings. The Bertz CT molecular complexity index is 733. The van der Waals surface area contributed by atoms with Crippen LogP contribution in [0.1, 0.15) is 21.9 Å². The van der Waals surface area contributed by atoms with Gasteiger partial charge in [-0.25, -0.2) is 9.97 Å². The van der Waals surface area contributed by atoms with Crippen molar-refractivity contribution in [2.75, 3.05) is 0 Å². The highest BCUT2D eigenvalue weighted by atomic mass is 32.2. The molecular formula is C13H13N3OS2. The minimum Gasteiger partial charge on any atom is -0.361 e. The number of aromatic nitrogens is 3. The molecule has 0 atom stereocenters. The van der Waals surface area contributed by atoms with Crippen molar-refractivity contribution < 1.29 is 4.52 Å². The Hall–Kier alpha value is -1.40. The Kier molecular flexibility index (Phi) is 3.28. The van der Waals surface area contributed by atoms with E-state index in [1.807, 2.05) is 13.0 Å². The Balaban J connectivity index is 1.92. The smallest absolute Gasteiger partial charge is 0.133 e. The van der Waals surface area contributed by atoms with E-state index in [0.29, 0.717) is 0 Å². The van der Waals surface area contributed by atoms with Crippen LogP contribution in [0.2, 0.25) is 0 Å². The standard InChI is InChI=1S/C13H13N3OS2/c1-7-4-10(16-17-7)5-18-12-11-8(2)9(3)19-13(11)15-6-14-12/h4,6H,5H2,1-3H3. The first-order valence-corrected chi connectivity index (χ1v) is 7.71. The third kappa shape index (κ3) is 2.37. The second-order valence-electron chi connectivity index (χ2n) is 4.36. The van der Waals surface area contributed by atoms with E-state index in [4.69, 9.17) is 4.52 Å². The summed E-state index contributed by atoms with van der Waals surface area (Å²) in [7, 11) is 0. The van der Waals surface area contributed by atoms with Gasteiger partial charge in [-0.15, -0.1) is 11.3 Å². The van der Waals surface area contributed by atoms with Gasteiger partial charge in [-0.05, 0) is 26.3 Å². The van der Waals surface area contributed by atoms with E-state index in [1.165, 1.54) is 15.8 Å². The Labute approximate surface area is 119 Å². The number of nitrogens with zero attached hydrogens (tertiary/aromatic N) is 3. The summed E-state index contributed by atoms with van der Waals surface area (Å²) in [5, 5.41) is 6.20. The van der Waals surface area contributed by atoms with Crippen LogP contribution in [-0.2, 0) is 5.75 Å². The van der Waals surface area contributed by atoms with Crippen molar-refractivity contribution in [1.82, 2.24) is 15.1 Å². The molecule has 0 aliphatic heterocycles. The number of hydrogen-bond donors (Lipinski definition) is 0. The highest BCUT2D eigenvalue weighted by Gasteiger charge is 2.13. The van der Waals surface area contributed by atoms with Gasteiger partial charge in [-0.3, -0.25) is 0 Å². The lowest BCUT2D eigenvalue weighted by Gasteiger charge is -2.01. The maximum Gasteiger partial charge on any atom is 0.133 e. The summed E-state index contributed by atoms with van der Waals surface area (Å²) in [5.74, 6) is 1.60. The average Bonchev–Trinajstić information content (AvgIpc) is 2.93. The molecule has 0 aromatic carbocycles. The van der Waals surface area contributed by atoms with E-state index in [-0.39, 0.29) is 0 Å². The fourth-order valence-corrected chi connectivity index (χ4v) is 3.89.